The van der Waals surface area contributed by atoms with E-state index < -0.39 is 15.8 Å². The fraction of sp³-hybridized carbons (Fsp3) is 0.250. The smallest absolute Gasteiger partial charge is 0.281 e. The number of halogens is 1. The van der Waals surface area contributed by atoms with Crippen molar-refractivity contribution in [3.63, 3.8) is 0 Å². The van der Waals surface area contributed by atoms with Gasteiger partial charge in [0.25, 0.3) is 10.0 Å². The summed E-state index contributed by atoms with van der Waals surface area (Å²) < 4.78 is 40.1. The molecule has 0 saturated carbocycles. The molecule has 0 amide bonds. The number of hydrogen-bond acceptors (Lipinski definition) is 4. The third-order valence-corrected chi connectivity index (χ3v) is 4.14. The minimum absolute atomic E-state index is 0.0424. The van der Waals surface area contributed by atoms with Crippen LogP contribution < -0.4 is 10.5 Å². The number of anilines is 1. The van der Waals surface area contributed by atoms with E-state index in [1.54, 1.807) is 13.8 Å². The summed E-state index contributed by atoms with van der Waals surface area (Å²) in [5, 5.41) is 6.16. The van der Waals surface area contributed by atoms with Gasteiger partial charge in [-0.3, -0.25) is 9.82 Å². The average Bonchev–Trinajstić information content (AvgIpc) is 2.68. The van der Waals surface area contributed by atoms with Gasteiger partial charge in [0.05, 0.1) is 5.69 Å². The second kappa shape index (κ2) is 5.22. The first-order valence-electron chi connectivity index (χ1n) is 5.87. The van der Waals surface area contributed by atoms with E-state index in [9.17, 15) is 12.8 Å². The van der Waals surface area contributed by atoms with Crippen LogP contribution in [0.5, 0.6) is 0 Å². The van der Waals surface area contributed by atoms with E-state index in [4.69, 9.17) is 5.73 Å². The number of nitrogens with zero attached hydrogens (tertiary/aromatic N) is 1. The zero-order chi connectivity index (χ0) is 14.9. The van der Waals surface area contributed by atoms with Crippen molar-refractivity contribution in [2.45, 2.75) is 25.4 Å². The molecule has 20 heavy (non-hydrogen) atoms. The number of sulfonamides is 1. The number of rotatable bonds is 4. The predicted octanol–water partition coefficient (Wildman–Crippen LogP) is 1.43. The SMILES string of the molecule is Cc1cc(F)cc(NS(=O)(=O)c2n[nH]c(C)c2CN)c1. The molecule has 2 aromatic rings. The molecule has 0 aliphatic heterocycles. The molecular weight excluding hydrogens is 283 g/mol. The maximum absolute atomic E-state index is 13.3. The van der Waals surface area contributed by atoms with Crippen molar-refractivity contribution in [1.29, 1.82) is 0 Å². The highest BCUT2D eigenvalue weighted by molar-refractivity contribution is 7.92. The Kier molecular flexibility index (Phi) is 3.78. The van der Waals surface area contributed by atoms with Crippen LogP contribution in [0.1, 0.15) is 16.8 Å². The Hall–Kier alpha value is -1.93. The molecule has 6 nitrogen and oxygen atoms in total. The van der Waals surface area contributed by atoms with Crippen molar-refractivity contribution < 1.29 is 12.8 Å². The monoisotopic (exact) mass is 298 g/mol. The molecular formula is C12H15FN4O2S. The van der Waals surface area contributed by atoms with Crippen molar-refractivity contribution in [1.82, 2.24) is 10.2 Å². The Balaban J connectivity index is 2.40. The number of nitrogens with two attached hydrogens (primary N) is 1. The van der Waals surface area contributed by atoms with Gasteiger partial charge < -0.3 is 5.73 Å². The van der Waals surface area contributed by atoms with Gasteiger partial charge in [0.15, 0.2) is 0 Å². The van der Waals surface area contributed by atoms with Crippen molar-refractivity contribution in [2.75, 3.05) is 4.72 Å². The topological polar surface area (TPSA) is 101 Å². The summed E-state index contributed by atoms with van der Waals surface area (Å²) in [6.45, 7) is 3.40. The Morgan fingerprint density at radius 3 is 2.65 bits per heavy atom. The summed E-state index contributed by atoms with van der Waals surface area (Å²) in [5.74, 6) is -0.514. The normalized spacial score (nSPS) is 11.6. The van der Waals surface area contributed by atoms with Gasteiger partial charge in [-0.05, 0) is 37.6 Å². The van der Waals surface area contributed by atoms with Gasteiger partial charge in [0.1, 0.15) is 5.82 Å². The summed E-state index contributed by atoms with van der Waals surface area (Å²) >= 11 is 0. The molecule has 2 rings (SSSR count). The van der Waals surface area contributed by atoms with Crippen LogP contribution in [-0.2, 0) is 16.6 Å². The van der Waals surface area contributed by atoms with Crippen LogP contribution in [0, 0.1) is 19.7 Å². The van der Waals surface area contributed by atoms with E-state index in [0.29, 0.717) is 16.8 Å². The van der Waals surface area contributed by atoms with Crippen LogP contribution in [-0.4, -0.2) is 18.6 Å². The fourth-order valence-electron chi connectivity index (χ4n) is 1.89. The van der Waals surface area contributed by atoms with Crippen LogP contribution >= 0.6 is 0 Å². The molecule has 108 valence electrons. The first-order chi connectivity index (χ1) is 9.33. The van der Waals surface area contributed by atoms with E-state index in [0.717, 1.165) is 6.07 Å². The first kappa shape index (κ1) is 14.5. The number of aromatic nitrogens is 2. The summed E-state index contributed by atoms with van der Waals surface area (Å²) in [7, 11) is -3.91. The highest BCUT2D eigenvalue weighted by Gasteiger charge is 2.23. The second-order valence-corrected chi connectivity index (χ2v) is 6.06. The second-order valence-electron chi connectivity index (χ2n) is 4.46. The van der Waals surface area contributed by atoms with Crippen LogP contribution in [0.2, 0.25) is 0 Å². The molecule has 0 aliphatic rings. The minimum atomic E-state index is -3.91. The maximum atomic E-state index is 13.3. The van der Waals surface area contributed by atoms with Gasteiger partial charge in [-0.1, -0.05) is 0 Å². The van der Waals surface area contributed by atoms with Crippen molar-refractivity contribution in [3.05, 3.63) is 40.8 Å². The molecule has 0 atom stereocenters. The molecule has 0 bridgehead atoms. The van der Waals surface area contributed by atoms with Crippen LogP contribution in [0.3, 0.4) is 0 Å². The number of aryl methyl sites for hydroxylation is 2. The van der Waals surface area contributed by atoms with Crippen LogP contribution in [0.15, 0.2) is 23.2 Å². The van der Waals surface area contributed by atoms with Crippen LogP contribution in [0.25, 0.3) is 0 Å². The van der Waals surface area contributed by atoms with Crippen molar-refractivity contribution >= 4 is 15.7 Å². The minimum Gasteiger partial charge on any atom is -0.326 e. The lowest BCUT2D eigenvalue weighted by atomic mass is 10.2. The molecule has 0 aliphatic carbocycles. The molecule has 1 aromatic carbocycles. The Labute approximate surface area is 116 Å². The fourth-order valence-corrected chi connectivity index (χ4v) is 3.14. The standard InChI is InChI=1S/C12H15FN4O2S/c1-7-3-9(13)5-10(4-7)17-20(18,19)12-11(6-14)8(2)15-16-12/h3-5,17H,6,14H2,1-2H3,(H,15,16). The number of benzene rings is 1. The lowest BCUT2D eigenvalue weighted by Crippen LogP contribution is -2.16. The molecule has 1 aromatic heterocycles. The molecule has 0 unspecified atom stereocenters. The van der Waals surface area contributed by atoms with E-state index >= 15 is 0 Å². The van der Waals surface area contributed by atoms with E-state index in [1.807, 2.05) is 0 Å². The maximum Gasteiger partial charge on any atom is 0.281 e. The zero-order valence-electron chi connectivity index (χ0n) is 11.1. The van der Waals surface area contributed by atoms with Gasteiger partial charge in [-0.15, -0.1) is 0 Å². The molecule has 0 saturated heterocycles. The van der Waals surface area contributed by atoms with E-state index in [-0.39, 0.29) is 17.3 Å². The number of aromatic amines is 1. The quantitative estimate of drug-likeness (QED) is 0.794. The van der Waals surface area contributed by atoms with Crippen molar-refractivity contribution in [2.24, 2.45) is 5.73 Å². The number of H-pyrrole nitrogens is 1. The lowest BCUT2D eigenvalue weighted by molar-refractivity contribution is 0.595. The molecule has 0 spiro atoms. The van der Waals surface area contributed by atoms with Gasteiger partial charge in [-0.25, -0.2) is 4.39 Å². The first-order valence-corrected chi connectivity index (χ1v) is 7.35. The number of nitrogens with one attached hydrogen (secondary N) is 2. The summed E-state index contributed by atoms with van der Waals surface area (Å²) in [6, 6.07) is 3.94. The molecule has 1 heterocycles. The Bertz CT molecular complexity index is 720. The summed E-state index contributed by atoms with van der Waals surface area (Å²) in [5.41, 5.74) is 7.27. The highest BCUT2D eigenvalue weighted by atomic mass is 32.2. The predicted molar refractivity (Wildman–Crippen MR) is 73.2 cm³/mol. The van der Waals surface area contributed by atoms with Gasteiger partial charge in [0.2, 0.25) is 5.03 Å². The Morgan fingerprint density at radius 2 is 2.05 bits per heavy atom. The third-order valence-electron chi connectivity index (χ3n) is 2.79. The van der Waals surface area contributed by atoms with Crippen LogP contribution in [0.4, 0.5) is 10.1 Å². The van der Waals surface area contributed by atoms with E-state index in [1.165, 1.54) is 12.1 Å². The lowest BCUT2D eigenvalue weighted by Gasteiger charge is -2.08. The third kappa shape index (κ3) is 2.81. The van der Waals surface area contributed by atoms with Gasteiger partial charge in [-0.2, -0.15) is 13.5 Å². The summed E-state index contributed by atoms with van der Waals surface area (Å²) in [6.07, 6.45) is 0. The zero-order valence-corrected chi connectivity index (χ0v) is 11.9. The van der Waals surface area contributed by atoms with Gasteiger partial charge >= 0.3 is 0 Å². The highest BCUT2D eigenvalue weighted by Crippen LogP contribution is 2.21. The molecule has 0 fully saturated rings. The molecule has 8 heteroatoms. The molecule has 4 N–H and O–H groups in total. The largest absolute Gasteiger partial charge is 0.326 e. The average molecular weight is 298 g/mol. The van der Waals surface area contributed by atoms with Gasteiger partial charge in [0, 0.05) is 17.8 Å². The van der Waals surface area contributed by atoms with Crippen molar-refractivity contribution in [3.8, 4) is 0 Å². The molecule has 0 radical (unpaired) electrons. The van der Waals surface area contributed by atoms with E-state index in [2.05, 4.69) is 14.9 Å². The number of hydrogen-bond donors (Lipinski definition) is 3. The summed E-state index contributed by atoms with van der Waals surface area (Å²) in [4.78, 5) is 0. The Morgan fingerprint density at radius 1 is 1.35 bits per heavy atom.